The normalized spacial score (nSPS) is 15.1. The molecule has 0 aliphatic heterocycles. The van der Waals surface area contributed by atoms with Crippen LogP contribution < -0.4 is 9.62 Å². The molecule has 0 heterocycles. The Hall–Kier alpha value is -2.79. The number of carbonyl (C=O) groups excluding carboxylic acids is 2. The number of carbonyl (C=O) groups is 2. The fourth-order valence-corrected chi connectivity index (χ4v) is 6.00. The maximum absolute atomic E-state index is 13.5. The fourth-order valence-electron chi connectivity index (χ4n) is 4.91. The molecule has 0 spiro atoms. The third-order valence-corrected chi connectivity index (χ3v) is 8.41. The monoisotopic (exact) mass is 601 g/mol. The predicted octanol–water partition coefficient (Wildman–Crippen LogP) is 5.77. The average molecular weight is 602 g/mol. The molecular weight excluding hydrogens is 567 g/mol. The first-order valence-corrected chi connectivity index (χ1v) is 15.5. The van der Waals surface area contributed by atoms with E-state index in [9.17, 15) is 31.2 Å². The minimum absolute atomic E-state index is 0.0416. The van der Waals surface area contributed by atoms with Gasteiger partial charge in [0, 0.05) is 30.6 Å². The Bertz CT molecular complexity index is 1270. The van der Waals surface area contributed by atoms with Gasteiger partial charge >= 0.3 is 6.18 Å². The van der Waals surface area contributed by atoms with Crippen molar-refractivity contribution in [3.05, 3.63) is 64.7 Å². The highest BCUT2D eigenvalue weighted by atomic mass is 35.5. The van der Waals surface area contributed by atoms with Gasteiger partial charge in [0.2, 0.25) is 21.8 Å². The molecule has 1 aliphatic carbocycles. The van der Waals surface area contributed by atoms with Gasteiger partial charge in [0.15, 0.2) is 0 Å². The Balaban J connectivity index is 1.77. The van der Waals surface area contributed by atoms with Crippen LogP contribution in [0.1, 0.15) is 63.0 Å². The molecule has 1 fully saturated rings. The Morgan fingerprint density at radius 1 is 1.10 bits per heavy atom. The summed E-state index contributed by atoms with van der Waals surface area (Å²) in [4.78, 5) is 28.2. The third kappa shape index (κ3) is 8.86. The van der Waals surface area contributed by atoms with E-state index in [0.717, 1.165) is 60.0 Å². The van der Waals surface area contributed by atoms with E-state index in [1.807, 2.05) is 6.92 Å². The summed E-state index contributed by atoms with van der Waals surface area (Å²) < 4.78 is 65.5. The van der Waals surface area contributed by atoms with Crippen molar-refractivity contribution in [2.24, 2.45) is 0 Å². The summed E-state index contributed by atoms with van der Waals surface area (Å²) in [7, 11) is -3.93. The number of amides is 2. The van der Waals surface area contributed by atoms with Crippen LogP contribution in [0.4, 0.5) is 18.9 Å². The number of hydrogen-bond acceptors (Lipinski definition) is 4. The lowest BCUT2D eigenvalue weighted by Crippen LogP contribution is -2.51. The number of benzene rings is 2. The van der Waals surface area contributed by atoms with Gasteiger partial charge in [-0.1, -0.05) is 49.6 Å². The van der Waals surface area contributed by atoms with Gasteiger partial charge in [-0.05, 0) is 61.6 Å². The minimum Gasteiger partial charge on any atom is -0.352 e. The minimum atomic E-state index is -4.63. The van der Waals surface area contributed by atoms with Crippen LogP contribution in [-0.2, 0) is 32.3 Å². The first kappa shape index (κ1) is 31.7. The predicted molar refractivity (Wildman–Crippen MR) is 149 cm³/mol. The van der Waals surface area contributed by atoms with E-state index in [4.69, 9.17) is 11.6 Å². The molecule has 3 rings (SSSR count). The van der Waals surface area contributed by atoms with Gasteiger partial charge in [-0.2, -0.15) is 13.2 Å². The van der Waals surface area contributed by atoms with Crippen LogP contribution in [0.5, 0.6) is 0 Å². The van der Waals surface area contributed by atoms with E-state index in [0.29, 0.717) is 11.4 Å². The van der Waals surface area contributed by atoms with Gasteiger partial charge in [0.1, 0.15) is 6.04 Å². The molecule has 12 heteroatoms. The largest absolute Gasteiger partial charge is 0.416 e. The zero-order valence-electron chi connectivity index (χ0n) is 22.6. The Labute approximate surface area is 238 Å². The second-order valence-electron chi connectivity index (χ2n) is 10.0. The zero-order valence-corrected chi connectivity index (χ0v) is 24.2. The van der Waals surface area contributed by atoms with Crippen molar-refractivity contribution in [3.63, 3.8) is 0 Å². The Morgan fingerprint density at radius 2 is 1.75 bits per heavy atom. The molecule has 0 radical (unpaired) electrons. The van der Waals surface area contributed by atoms with Crippen LogP contribution in [0.2, 0.25) is 5.02 Å². The van der Waals surface area contributed by atoms with Crippen LogP contribution in [0.25, 0.3) is 0 Å². The van der Waals surface area contributed by atoms with Gasteiger partial charge in [-0.25, -0.2) is 8.42 Å². The first-order chi connectivity index (χ1) is 18.8. The number of alkyl halides is 3. The number of rotatable bonds is 12. The fraction of sp³-hybridized carbons (Fsp3) is 0.500. The van der Waals surface area contributed by atoms with E-state index in [1.165, 1.54) is 11.0 Å². The summed E-state index contributed by atoms with van der Waals surface area (Å²) in [6.07, 6.45) is 0.446. The highest BCUT2D eigenvalue weighted by Gasteiger charge is 2.33. The highest BCUT2D eigenvalue weighted by molar-refractivity contribution is 7.92. The summed E-state index contributed by atoms with van der Waals surface area (Å²) in [6.45, 7) is 1.77. The molecule has 7 nitrogen and oxygen atoms in total. The lowest BCUT2D eigenvalue weighted by Gasteiger charge is -2.32. The van der Waals surface area contributed by atoms with Gasteiger partial charge in [-0.3, -0.25) is 13.9 Å². The summed E-state index contributed by atoms with van der Waals surface area (Å²) >= 11 is 6.01. The van der Waals surface area contributed by atoms with Crippen LogP contribution in [0.3, 0.4) is 0 Å². The summed E-state index contributed by atoms with van der Waals surface area (Å²) in [5, 5.41) is 3.59. The van der Waals surface area contributed by atoms with Gasteiger partial charge in [0.25, 0.3) is 0 Å². The maximum atomic E-state index is 13.5. The molecule has 2 amide bonds. The third-order valence-electron chi connectivity index (χ3n) is 6.97. The molecule has 2 aromatic carbocycles. The van der Waals surface area contributed by atoms with Gasteiger partial charge < -0.3 is 10.2 Å². The number of hydrogen-bond donors (Lipinski definition) is 1. The smallest absolute Gasteiger partial charge is 0.352 e. The Morgan fingerprint density at radius 3 is 2.33 bits per heavy atom. The van der Waals surface area contributed by atoms with Crippen LogP contribution in [-0.4, -0.2) is 50.0 Å². The van der Waals surface area contributed by atoms with Crippen molar-refractivity contribution in [1.82, 2.24) is 10.2 Å². The van der Waals surface area contributed by atoms with Crippen molar-refractivity contribution >= 4 is 39.1 Å². The lowest BCUT2D eigenvalue weighted by atomic mass is 10.1. The van der Waals surface area contributed by atoms with Crippen LogP contribution >= 0.6 is 11.6 Å². The van der Waals surface area contributed by atoms with Crippen LogP contribution in [0, 0.1) is 0 Å². The number of nitrogens with one attached hydrogen (secondary N) is 1. The SMILES string of the molecule is CC[C@H](C(=O)NC1CCCC1)N(Cc1ccc(Cl)cc1)C(=O)CCCN(c1cccc(C(F)(F)F)c1)S(C)(=O)=O. The van der Waals surface area contributed by atoms with Crippen molar-refractivity contribution in [1.29, 1.82) is 0 Å². The van der Waals surface area contributed by atoms with Crippen LogP contribution in [0.15, 0.2) is 48.5 Å². The standard InChI is InChI=1S/C28H35ClF3N3O4S/c1-3-25(27(37)33-23-9-4-5-10-23)34(19-20-13-15-22(29)16-14-20)26(36)12-7-17-35(40(2,38)39)24-11-6-8-21(18-24)28(30,31)32/h6,8,11,13-16,18,23,25H,3-5,7,9-10,12,17,19H2,1-2H3,(H,33,37)/t25-/m1/s1. The quantitative estimate of drug-likeness (QED) is 0.335. The highest BCUT2D eigenvalue weighted by Crippen LogP contribution is 2.32. The van der Waals surface area contributed by atoms with E-state index >= 15 is 0 Å². The molecule has 0 bridgehead atoms. The maximum Gasteiger partial charge on any atom is 0.416 e. The van der Waals surface area contributed by atoms with Gasteiger partial charge in [0.05, 0.1) is 17.5 Å². The second-order valence-corrected chi connectivity index (χ2v) is 12.4. The van der Waals surface area contributed by atoms with Crippen molar-refractivity contribution in [3.8, 4) is 0 Å². The number of sulfonamides is 1. The van der Waals surface area contributed by atoms with Gasteiger partial charge in [-0.15, -0.1) is 0 Å². The zero-order chi connectivity index (χ0) is 29.5. The lowest BCUT2D eigenvalue weighted by molar-refractivity contribution is -0.141. The van der Waals surface area contributed by atoms with E-state index < -0.39 is 27.8 Å². The molecule has 0 aromatic heterocycles. The topological polar surface area (TPSA) is 86.8 Å². The summed E-state index contributed by atoms with van der Waals surface area (Å²) in [6, 6.07) is 10.3. The molecule has 220 valence electrons. The second kappa shape index (κ2) is 13.7. The number of halogens is 4. The average Bonchev–Trinajstić information content (AvgIpc) is 3.39. The molecule has 0 saturated heterocycles. The van der Waals surface area contributed by atoms with E-state index in [-0.39, 0.29) is 49.5 Å². The molecule has 1 atom stereocenters. The molecular formula is C28H35ClF3N3O4S. The molecule has 1 aliphatic rings. The summed E-state index contributed by atoms with van der Waals surface area (Å²) in [5.41, 5.74) is -0.334. The molecule has 1 N–H and O–H groups in total. The molecule has 1 saturated carbocycles. The Kier molecular flexibility index (Phi) is 10.9. The van der Waals surface area contributed by atoms with E-state index in [1.54, 1.807) is 24.3 Å². The first-order valence-electron chi connectivity index (χ1n) is 13.3. The van der Waals surface area contributed by atoms with E-state index in [2.05, 4.69) is 5.32 Å². The van der Waals surface area contributed by atoms with Crippen molar-refractivity contribution in [2.45, 2.75) is 76.7 Å². The summed E-state index contributed by atoms with van der Waals surface area (Å²) in [5.74, 6) is -0.598. The number of nitrogens with zero attached hydrogens (tertiary/aromatic N) is 2. The van der Waals surface area contributed by atoms with Crippen molar-refractivity contribution < 1.29 is 31.2 Å². The van der Waals surface area contributed by atoms with Crippen molar-refractivity contribution in [2.75, 3.05) is 17.1 Å². The molecule has 2 aromatic rings. The number of anilines is 1. The molecule has 0 unspecified atom stereocenters. The molecule has 40 heavy (non-hydrogen) atoms.